The smallest absolute Gasteiger partial charge is 0.240 e. The highest BCUT2D eigenvalue weighted by molar-refractivity contribution is 5.85. The van der Waals surface area contributed by atoms with Crippen molar-refractivity contribution in [2.75, 3.05) is 26.2 Å². The molecule has 0 aromatic carbocycles. The Labute approximate surface area is 104 Å². The van der Waals surface area contributed by atoms with Crippen molar-refractivity contribution in [2.24, 2.45) is 5.92 Å². The Morgan fingerprint density at radius 3 is 2.88 bits per heavy atom. The van der Waals surface area contributed by atoms with Crippen LogP contribution in [-0.2, 0) is 4.79 Å². The van der Waals surface area contributed by atoms with Gasteiger partial charge in [-0.05, 0) is 64.6 Å². The zero-order chi connectivity index (χ0) is 12.1. The molecule has 0 aromatic rings. The fraction of sp³-hybridized carbons (Fsp3) is 0.923. The number of carbonyl (C=O) groups is 1. The van der Waals surface area contributed by atoms with Crippen LogP contribution in [0.3, 0.4) is 0 Å². The van der Waals surface area contributed by atoms with Crippen molar-refractivity contribution < 1.29 is 4.79 Å². The molecule has 4 heteroatoms. The van der Waals surface area contributed by atoms with Gasteiger partial charge in [-0.15, -0.1) is 0 Å². The van der Waals surface area contributed by atoms with E-state index in [4.69, 9.17) is 0 Å². The van der Waals surface area contributed by atoms with E-state index in [9.17, 15) is 4.79 Å². The van der Waals surface area contributed by atoms with Gasteiger partial charge in [0.15, 0.2) is 0 Å². The number of hydrogen-bond donors (Lipinski definition) is 3. The third-order valence-electron chi connectivity index (χ3n) is 4.07. The molecule has 3 N–H and O–H groups in total. The first-order chi connectivity index (χ1) is 8.21. The van der Waals surface area contributed by atoms with E-state index in [0.29, 0.717) is 5.92 Å². The van der Waals surface area contributed by atoms with Crippen molar-refractivity contribution in [1.82, 2.24) is 16.0 Å². The first-order valence-electron chi connectivity index (χ1n) is 6.95. The minimum atomic E-state index is -0.333. The normalized spacial score (nSPS) is 34.3. The van der Waals surface area contributed by atoms with E-state index in [2.05, 4.69) is 16.0 Å². The van der Waals surface area contributed by atoms with E-state index in [0.717, 1.165) is 39.0 Å². The minimum absolute atomic E-state index is 0.183. The number of carbonyl (C=O) groups excluding carboxylic acids is 1. The quantitative estimate of drug-likeness (QED) is 0.677. The van der Waals surface area contributed by atoms with Crippen molar-refractivity contribution >= 4 is 5.91 Å². The predicted molar refractivity (Wildman–Crippen MR) is 68.9 cm³/mol. The van der Waals surface area contributed by atoms with E-state index in [1.807, 2.05) is 6.92 Å². The van der Waals surface area contributed by atoms with Gasteiger partial charge in [-0.2, -0.15) is 0 Å². The molecule has 0 bridgehead atoms. The van der Waals surface area contributed by atoms with E-state index >= 15 is 0 Å². The molecule has 2 atom stereocenters. The van der Waals surface area contributed by atoms with Crippen LogP contribution in [0.25, 0.3) is 0 Å². The Hall–Kier alpha value is -0.610. The Morgan fingerprint density at radius 2 is 2.24 bits per heavy atom. The van der Waals surface area contributed by atoms with Crippen molar-refractivity contribution in [2.45, 2.75) is 44.6 Å². The van der Waals surface area contributed by atoms with Gasteiger partial charge in [-0.25, -0.2) is 0 Å². The molecule has 0 radical (unpaired) electrons. The molecule has 98 valence electrons. The number of piperidine rings is 2. The standard InChI is InChI=1S/C13H25N3O/c1-13(6-2-3-8-16-13)12(17)15-10-11-5-4-7-14-9-11/h11,14,16H,2-10H2,1H3,(H,15,17). The average molecular weight is 239 g/mol. The number of rotatable bonds is 3. The topological polar surface area (TPSA) is 53.2 Å². The van der Waals surface area contributed by atoms with Crippen LogP contribution < -0.4 is 16.0 Å². The maximum absolute atomic E-state index is 12.2. The summed E-state index contributed by atoms with van der Waals surface area (Å²) in [5.74, 6) is 0.794. The van der Waals surface area contributed by atoms with E-state index in [1.54, 1.807) is 0 Å². The SMILES string of the molecule is CC1(C(=O)NCC2CCCNC2)CCCCN1. The van der Waals surface area contributed by atoms with E-state index in [-0.39, 0.29) is 11.4 Å². The Balaban J connectivity index is 1.75. The Kier molecular flexibility index (Phi) is 4.40. The zero-order valence-electron chi connectivity index (χ0n) is 10.8. The molecule has 17 heavy (non-hydrogen) atoms. The molecule has 2 aliphatic heterocycles. The largest absolute Gasteiger partial charge is 0.354 e. The molecule has 2 heterocycles. The lowest BCUT2D eigenvalue weighted by atomic mass is 9.89. The van der Waals surface area contributed by atoms with Crippen LogP contribution in [0.1, 0.15) is 39.0 Å². The molecule has 0 spiro atoms. The van der Waals surface area contributed by atoms with Crippen LogP contribution in [0.4, 0.5) is 0 Å². The second-order valence-electron chi connectivity index (χ2n) is 5.64. The van der Waals surface area contributed by atoms with Crippen LogP contribution in [0.5, 0.6) is 0 Å². The van der Waals surface area contributed by atoms with Gasteiger partial charge in [0.1, 0.15) is 0 Å². The van der Waals surface area contributed by atoms with Crippen molar-refractivity contribution in [3.63, 3.8) is 0 Å². The molecule has 2 saturated heterocycles. The average Bonchev–Trinajstić information content (AvgIpc) is 2.38. The van der Waals surface area contributed by atoms with E-state index in [1.165, 1.54) is 19.3 Å². The molecule has 2 unspecified atom stereocenters. The van der Waals surface area contributed by atoms with Crippen LogP contribution in [0.15, 0.2) is 0 Å². The fourth-order valence-electron chi connectivity index (χ4n) is 2.78. The monoisotopic (exact) mass is 239 g/mol. The van der Waals surface area contributed by atoms with Crippen molar-refractivity contribution in [1.29, 1.82) is 0 Å². The Bertz CT molecular complexity index is 255. The highest BCUT2D eigenvalue weighted by Gasteiger charge is 2.34. The molecule has 0 aliphatic carbocycles. The summed E-state index contributed by atoms with van der Waals surface area (Å²) in [5.41, 5.74) is -0.333. The summed E-state index contributed by atoms with van der Waals surface area (Å²) in [7, 11) is 0. The second kappa shape index (κ2) is 5.83. The maximum atomic E-state index is 12.2. The predicted octanol–water partition coefficient (Wildman–Crippen LogP) is 0.634. The molecule has 4 nitrogen and oxygen atoms in total. The van der Waals surface area contributed by atoms with Crippen LogP contribution in [-0.4, -0.2) is 37.6 Å². The lowest BCUT2D eigenvalue weighted by Gasteiger charge is -2.34. The van der Waals surface area contributed by atoms with Gasteiger partial charge in [0.2, 0.25) is 5.91 Å². The van der Waals surface area contributed by atoms with Gasteiger partial charge in [0, 0.05) is 6.54 Å². The summed E-state index contributed by atoms with van der Waals surface area (Å²) in [5, 5.41) is 9.86. The molecular weight excluding hydrogens is 214 g/mol. The zero-order valence-corrected chi connectivity index (χ0v) is 10.8. The van der Waals surface area contributed by atoms with Gasteiger partial charge in [-0.3, -0.25) is 4.79 Å². The molecule has 1 amide bonds. The lowest BCUT2D eigenvalue weighted by molar-refractivity contribution is -0.128. The van der Waals surface area contributed by atoms with Crippen LogP contribution in [0.2, 0.25) is 0 Å². The van der Waals surface area contributed by atoms with Gasteiger partial charge in [0.05, 0.1) is 5.54 Å². The molecule has 0 saturated carbocycles. The molecule has 2 fully saturated rings. The highest BCUT2D eigenvalue weighted by atomic mass is 16.2. The molecule has 0 aromatic heterocycles. The third-order valence-corrected chi connectivity index (χ3v) is 4.07. The number of hydrogen-bond acceptors (Lipinski definition) is 3. The summed E-state index contributed by atoms with van der Waals surface area (Å²) >= 11 is 0. The third kappa shape index (κ3) is 3.42. The summed E-state index contributed by atoms with van der Waals surface area (Å²) in [6.07, 6.45) is 5.77. The molecule has 2 aliphatic rings. The second-order valence-corrected chi connectivity index (χ2v) is 5.64. The first kappa shape index (κ1) is 12.8. The van der Waals surface area contributed by atoms with Crippen LogP contribution in [0, 0.1) is 5.92 Å². The number of nitrogens with one attached hydrogen (secondary N) is 3. The summed E-state index contributed by atoms with van der Waals surface area (Å²) < 4.78 is 0. The van der Waals surface area contributed by atoms with Gasteiger partial charge >= 0.3 is 0 Å². The van der Waals surface area contributed by atoms with Crippen molar-refractivity contribution in [3.05, 3.63) is 0 Å². The van der Waals surface area contributed by atoms with Crippen molar-refractivity contribution in [3.8, 4) is 0 Å². The van der Waals surface area contributed by atoms with E-state index < -0.39 is 0 Å². The molecule has 2 rings (SSSR count). The van der Waals surface area contributed by atoms with Crippen LogP contribution >= 0.6 is 0 Å². The van der Waals surface area contributed by atoms with Gasteiger partial charge < -0.3 is 16.0 Å². The lowest BCUT2D eigenvalue weighted by Crippen LogP contribution is -2.57. The highest BCUT2D eigenvalue weighted by Crippen LogP contribution is 2.19. The fourth-order valence-corrected chi connectivity index (χ4v) is 2.78. The Morgan fingerprint density at radius 1 is 1.35 bits per heavy atom. The summed E-state index contributed by atoms with van der Waals surface area (Å²) in [4.78, 5) is 12.2. The number of amides is 1. The van der Waals surface area contributed by atoms with Gasteiger partial charge in [-0.1, -0.05) is 0 Å². The first-order valence-corrected chi connectivity index (χ1v) is 6.95. The summed E-state index contributed by atoms with van der Waals surface area (Å²) in [6.45, 7) is 5.99. The minimum Gasteiger partial charge on any atom is -0.354 e. The molecular formula is C13H25N3O. The van der Waals surface area contributed by atoms with Gasteiger partial charge in [0.25, 0.3) is 0 Å². The summed E-state index contributed by atoms with van der Waals surface area (Å²) in [6, 6.07) is 0. The maximum Gasteiger partial charge on any atom is 0.240 e.